The van der Waals surface area contributed by atoms with E-state index in [2.05, 4.69) is 45.0 Å². The van der Waals surface area contributed by atoms with Gasteiger partial charge < -0.3 is 4.74 Å². The molecule has 0 spiro atoms. The summed E-state index contributed by atoms with van der Waals surface area (Å²) in [5.41, 5.74) is 0. The number of hydrogen-bond donors (Lipinski definition) is 0. The Balaban J connectivity index is 3.42. The summed E-state index contributed by atoms with van der Waals surface area (Å²) >= 11 is 6.85. The molecule has 0 aromatic carbocycles. The zero-order valence-corrected chi connectivity index (χ0v) is 13.8. The van der Waals surface area contributed by atoms with Crippen LogP contribution in [-0.4, -0.2) is 10.7 Å². The third-order valence-electron chi connectivity index (χ3n) is 2.47. The highest BCUT2D eigenvalue weighted by atomic mass is 79.9. The van der Waals surface area contributed by atoms with Crippen molar-refractivity contribution in [2.75, 3.05) is 10.7 Å². The molecule has 0 aliphatic heterocycles. The van der Waals surface area contributed by atoms with Crippen LogP contribution in [-0.2, 0) is 4.74 Å². The van der Waals surface area contributed by atoms with Crippen LogP contribution in [0.3, 0.4) is 0 Å². The average molecular weight is 368 g/mol. The Kier molecular flexibility index (Phi) is 12.9. The number of ether oxygens (including phenoxy) is 1. The Bertz CT molecular complexity index is 192. The summed E-state index contributed by atoms with van der Waals surface area (Å²) in [5.74, 6) is 1.73. The SMILES string of the molecule is C=C(CCCCCBr)OC(=C)CCCCCBr. The summed E-state index contributed by atoms with van der Waals surface area (Å²) in [6, 6.07) is 0. The van der Waals surface area contributed by atoms with E-state index in [4.69, 9.17) is 4.74 Å². The first-order valence-electron chi connectivity index (χ1n) is 6.36. The fourth-order valence-electron chi connectivity index (χ4n) is 1.49. The lowest BCUT2D eigenvalue weighted by atomic mass is 10.2. The highest BCUT2D eigenvalue weighted by molar-refractivity contribution is 9.09. The lowest BCUT2D eigenvalue weighted by Gasteiger charge is -2.10. The molecule has 0 radical (unpaired) electrons. The van der Waals surface area contributed by atoms with Crippen LogP contribution in [0.2, 0.25) is 0 Å². The number of alkyl halides is 2. The van der Waals surface area contributed by atoms with Crippen LogP contribution in [0.1, 0.15) is 51.4 Å². The highest BCUT2D eigenvalue weighted by Gasteiger charge is 2.00. The second-order valence-corrected chi connectivity index (χ2v) is 5.76. The number of halogens is 2. The van der Waals surface area contributed by atoms with Crippen LogP contribution in [0.15, 0.2) is 24.7 Å². The molecule has 0 bridgehead atoms. The van der Waals surface area contributed by atoms with Gasteiger partial charge in [-0.25, -0.2) is 0 Å². The maximum atomic E-state index is 5.60. The van der Waals surface area contributed by atoms with Crippen LogP contribution >= 0.6 is 31.9 Å². The van der Waals surface area contributed by atoms with Crippen molar-refractivity contribution >= 4 is 31.9 Å². The number of rotatable bonds is 12. The van der Waals surface area contributed by atoms with Crippen molar-refractivity contribution < 1.29 is 4.74 Å². The van der Waals surface area contributed by atoms with Crippen LogP contribution < -0.4 is 0 Å². The molecule has 3 heteroatoms. The topological polar surface area (TPSA) is 9.23 Å². The Morgan fingerprint density at radius 1 is 0.706 bits per heavy atom. The minimum atomic E-state index is 0.866. The van der Waals surface area contributed by atoms with Gasteiger partial charge in [0.15, 0.2) is 0 Å². The molecule has 0 rings (SSSR count). The van der Waals surface area contributed by atoms with E-state index < -0.39 is 0 Å². The molecule has 100 valence electrons. The molecule has 0 heterocycles. The monoisotopic (exact) mass is 366 g/mol. The molecule has 0 fully saturated rings. The zero-order valence-electron chi connectivity index (χ0n) is 10.6. The van der Waals surface area contributed by atoms with Gasteiger partial charge in [0.2, 0.25) is 0 Å². The second kappa shape index (κ2) is 12.7. The molecule has 0 saturated heterocycles. The van der Waals surface area contributed by atoms with E-state index in [-0.39, 0.29) is 0 Å². The molecule has 0 unspecified atom stereocenters. The first-order chi connectivity index (χ1) is 8.20. The molecular weight excluding hydrogens is 344 g/mol. The summed E-state index contributed by atoms with van der Waals surface area (Å²) in [5, 5.41) is 2.17. The highest BCUT2D eigenvalue weighted by Crippen LogP contribution is 2.16. The van der Waals surface area contributed by atoms with Crippen molar-refractivity contribution in [3.05, 3.63) is 24.7 Å². The molecule has 1 nitrogen and oxygen atoms in total. The lowest BCUT2D eigenvalue weighted by molar-refractivity contribution is 0.275. The van der Waals surface area contributed by atoms with Gasteiger partial charge in [0, 0.05) is 23.5 Å². The van der Waals surface area contributed by atoms with Gasteiger partial charge in [-0.2, -0.15) is 0 Å². The van der Waals surface area contributed by atoms with Crippen molar-refractivity contribution in [1.29, 1.82) is 0 Å². The maximum Gasteiger partial charge on any atom is 0.0964 e. The molecule has 0 atom stereocenters. The Hall–Kier alpha value is 0.240. The van der Waals surface area contributed by atoms with Gasteiger partial charge in [0.1, 0.15) is 0 Å². The van der Waals surface area contributed by atoms with Crippen LogP contribution in [0.4, 0.5) is 0 Å². The smallest absolute Gasteiger partial charge is 0.0964 e. The van der Waals surface area contributed by atoms with Gasteiger partial charge >= 0.3 is 0 Å². The Morgan fingerprint density at radius 3 is 1.47 bits per heavy atom. The molecule has 0 aliphatic carbocycles. The number of hydrogen-bond acceptors (Lipinski definition) is 1. The van der Waals surface area contributed by atoms with E-state index >= 15 is 0 Å². The van der Waals surface area contributed by atoms with Crippen molar-refractivity contribution in [3.63, 3.8) is 0 Å². The summed E-state index contributed by atoms with van der Waals surface area (Å²) < 4.78 is 5.60. The van der Waals surface area contributed by atoms with Gasteiger partial charge in [-0.15, -0.1) is 0 Å². The largest absolute Gasteiger partial charge is 0.467 e. The lowest BCUT2D eigenvalue weighted by Crippen LogP contribution is -1.92. The van der Waals surface area contributed by atoms with Crippen molar-refractivity contribution in [2.24, 2.45) is 0 Å². The third-order valence-corrected chi connectivity index (χ3v) is 3.59. The minimum absolute atomic E-state index is 0.866. The van der Waals surface area contributed by atoms with E-state index in [1.165, 1.54) is 25.7 Å². The van der Waals surface area contributed by atoms with Gasteiger partial charge in [-0.05, 0) is 25.7 Å². The van der Waals surface area contributed by atoms with Crippen LogP contribution in [0, 0.1) is 0 Å². The van der Waals surface area contributed by atoms with Gasteiger partial charge in [-0.3, -0.25) is 0 Å². The third kappa shape index (κ3) is 12.5. The normalized spacial score (nSPS) is 10.2. The predicted molar refractivity (Wildman–Crippen MR) is 83.9 cm³/mol. The zero-order chi connectivity index (χ0) is 12.9. The van der Waals surface area contributed by atoms with Crippen molar-refractivity contribution in [3.8, 4) is 0 Å². The van der Waals surface area contributed by atoms with E-state index in [0.717, 1.165) is 47.9 Å². The van der Waals surface area contributed by atoms with Crippen LogP contribution in [0.25, 0.3) is 0 Å². The standard InChI is InChI=1S/C14H24Br2O/c1-13(9-5-3-7-11-15)17-14(2)10-6-4-8-12-16/h1-12H2. The first-order valence-corrected chi connectivity index (χ1v) is 8.60. The molecule has 0 aromatic rings. The molecule has 0 amide bonds. The summed E-state index contributed by atoms with van der Waals surface area (Å²) in [7, 11) is 0. The van der Waals surface area contributed by atoms with Gasteiger partial charge in [-0.1, -0.05) is 57.9 Å². The summed E-state index contributed by atoms with van der Waals surface area (Å²) in [6.07, 6.45) is 9.11. The predicted octanol–water partition coefficient (Wildman–Crippen LogP) is 5.94. The number of unbranched alkanes of at least 4 members (excludes halogenated alkanes) is 4. The Morgan fingerprint density at radius 2 is 1.12 bits per heavy atom. The van der Waals surface area contributed by atoms with Gasteiger partial charge in [0.05, 0.1) is 11.5 Å². The average Bonchev–Trinajstić information content (AvgIpc) is 2.30. The molecule has 0 aromatic heterocycles. The van der Waals surface area contributed by atoms with E-state index in [0.29, 0.717) is 0 Å². The van der Waals surface area contributed by atoms with Crippen molar-refractivity contribution in [1.82, 2.24) is 0 Å². The summed E-state index contributed by atoms with van der Waals surface area (Å²) in [6.45, 7) is 7.87. The summed E-state index contributed by atoms with van der Waals surface area (Å²) in [4.78, 5) is 0. The molecule has 17 heavy (non-hydrogen) atoms. The first kappa shape index (κ1) is 17.2. The second-order valence-electron chi connectivity index (χ2n) is 4.18. The Labute approximate surface area is 123 Å². The van der Waals surface area contributed by atoms with E-state index in [1.54, 1.807) is 0 Å². The molecular formula is C14H24Br2O. The van der Waals surface area contributed by atoms with Crippen LogP contribution in [0.5, 0.6) is 0 Å². The molecule has 0 N–H and O–H groups in total. The fraction of sp³-hybridized carbons (Fsp3) is 0.714. The molecule has 0 saturated carbocycles. The van der Waals surface area contributed by atoms with Crippen molar-refractivity contribution in [2.45, 2.75) is 51.4 Å². The van der Waals surface area contributed by atoms with E-state index in [9.17, 15) is 0 Å². The van der Waals surface area contributed by atoms with E-state index in [1.807, 2.05) is 0 Å². The maximum absolute atomic E-state index is 5.60. The van der Waals surface area contributed by atoms with Gasteiger partial charge in [0.25, 0.3) is 0 Å². The quantitative estimate of drug-likeness (QED) is 0.235. The number of allylic oxidation sites excluding steroid dienone is 2. The minimum Gasteiger partial charge on any atom is -0.467 e. The fourth-order valence-corrected chi connectivity index (χ4v) is 2.29. The molecule has 0 aliphatic rings.